The van der Waals surface area contributed by atoms with Gasteiger partial charge in [-0.15, -0.1) is 0 Å². The van der Waals surface area contributed by atoms with Crippen molar-refractivity contribution in [1.29, 1.82) is 0 Å². The van der Waals surface area contributed by atoms with Crippen molar-refractivity contribution in [3.05, 3.63) is 35.6 Å². The van der Waals surface area contributed by atoms with E-state index in [4.69, 9.17) is 4.74 Å². The van der Waals surface area contributed by atoms with E-state index in [2.05, 4.69) is 38.8 Å². The van der Waals surface area contributed by atoms with Crippen LogP contribution in [-0.2, 0) is 4.74 Å². The van der Waals surface area contributed by atoms with Crippen LogP contribution in [-0.4, -0.2) is 79.7 Å². The molecule has 0 amide bonds. The van der Waals surface area contributed by atoms with Crippen molar-refractivity contribution in [3.8, 4) is 0 Å². The molecule has 0 saturated carbocycles. The first-order valence-electron chi connectivity index (χ1n) is 9.85. The predicted molar refractivity (Wildman–Crippen MR) is 111 cm³/mol. The molecule has 27 heavy (non-hydrogen) atoms. The van der Waals surface area contributed by atoms with Crippen molar-refractivity contribution in [2.75, 3.05) is 58.7 Å². The fourth-order valence-electron chi connectivity index (χ4n) is 3.74. The third-order valence-electron chi connectivity index (χ3n) is 5.28. The molecule has 0 aliphatic carbocycles. The van der Waals surface area contributed by atoms with E-state index in [1.54, 1.807) is 12.1 Å². The molecule has 3 rings (SSSR count). The van der Waals surface area contributed by atoms with Gasteiger partial charge in [-0.3, -0.25) is 9.89 Å². The third-order valence-corrected chi connectivity index (χ3v) is 6.65. The van der Waals surface area contributed by atoms with Crippen LogP contribution in [0.2, 0.25) is 0 Å². The van der Waals surface area contributed by atoms with Crippen LogP contribution in [0, 0.1) is 5.82 Å². The number of ether oxygens (including phenoxy) is 1. The molecule has 1 aromatic carbocycles. The molecule has 2 atom stereocenters. The molecule has 2 aliphatic heterocycles. The molecule has 150 valence electrons. The van der Waals surface area contributed by atoms with Gasteiger partial charge in [0.15, 0.2) is 5.96 Å². The van der Waals surface area contributed by atoms with Gasteiger partial charge in [-0.05, 0) is 24.1 Å². The monoisotopic (exact) mass is 394 g/mol. The highest BCUT2D eigenvalue weighted by Gasteiger charge is 2.25. The second-order valence-electron chi connectivity index (χ2n) is 6.99. The van der Waals surface area contributed by atoms with Crippen molar-refractivity contribution in [2.24, 2.45) is 4.99 Å². The topological polar surface area (TPSA) is 40.1 Å². The Morgan fingerprint density at radius 1 is 1.37 bits per heavy atom. The number of morpholine rings is 1. The van der Waals surface area contributed by atoms with Crippen molar-refractivity contribution in [3.63, 3.8) is 0 Å². The summed E-state index contributed by atoms with van der Waals surface area (Å²) in [5, 5.41) is 4.22. The molecule has 2 aliphatic rings. The van der Waals surface area contributed by atoms with Gasteiger partial charge in [0.25, 0.3) is 0 Å². The van der Waals surface area contributed by atoms with E-state index in [9.17, 15) is 4.39 Å². The number of benzene rings is 1. The zero-order chi connectivity index (χ0) is 19.1. The van der Waals surface area contributed by atoms with Crippen molar-refractivity contribution >= 4 is 17.7 Å². The minimum absolute atomic E-state index is 0.0995. The molecular formula is C20H31FN4OS. The van der Waals surface area contributed by atoms with E-state index in [0.29, 0.717) is 11.8 Å². The summed E-state index contributed by atoms with van der Waals surface area (Å²) in [5.41, 5.74) is 1.00. The lowest BCUT2D eigenvalue weighted by Crippen LogP contribution is -2.50. The Labute approximate surface area is 166 Å². The number of halogens is 1. The van der Waals surface area contributed by atoms with Crippen LogP contribution in [0.4, 0.5) is 4.39 Å². The van der Waals surface area contributed by atoms with Crippen molar-refractivity contribution < 1.29 is 9.13 Å². The van der Waals surface area contributed by atoms with Crippen LogP contribution in [0.5, 0.6) is 0 Å². The van der Waals surface area contributed by atoms with Crippen molar-refractivity contribution in [1.82, 2.24) is 15.1 Å². The number of aliphatic imine (C=N–C) groups is 1. The number of guanidine groups is 1. The largest absolute Gasteiger partial charge is 0.379 e. The standard InChI is InChI=1S/C20H31FN4OS/c1-3-18-15-25(9-12-27-18)20(22-2)23-14-19(24-7-10-26-11-8-24)16-5-4-6-17(21)13-16/h4-6,13,18-19H,3,7-12,14-15H2,1-2H3,(H,22,23). The van der Waals surface area contributed by atoms with Gasteiger partial charge in [0.1, 0.15) is 5.82 Å². The lowest BCUT2D eigenvalue weighted by atomic mass is 10.0. The average molecular weight is 395 g/mol. The van der Waals surface area contributed by atoms with Gasteiger partial charge in [-0.2, -0.15) is 11.8 Å². The molecule has 2 fully saturated rings. The summed E-state index contributed by atoms with van der Waals surface area (Å²) in [7, 11) is 1.84. The SMILES string of the molecule is CCC1CN(C(=NC)NCC(c2cccc(F)c2)N2CCOCC2)CCS1. The molecular weight excluding hydrogens is 363 g/mol. The summed E-state index contributed by atoms with van der Waals surface area (Å²) in [5.74, 6) is 1.90. The lowest BCUT2D eigenvalue weighted by molar-refractivity contribution is 0.0168. The van der Waals surface area contributed by atoms with Crippen LogP contribution >= 0.6 is 11.8 Å². The quantitative estimate of drug-likeness (QED) is 0.614. The summed E-state index contributed by atoms with van der Waals surface area (Å²) in [6.07, 6.45) is 1.18. The van der Waals surface area contributed by atoms with Gasteiger partial charge in [0.2, 0.25) is 0 Å². The van der Waals surface area contributed by atoms with Gasteiger partial charge in [-0.1, -0.05) is 19.1 Å². The Balaban J connectivity index is 1.69. The van der Waals surface area contributed by atoms with Gasteiger partial charge in [0, 0.05) is 50.8 Å². The van der Waals surface area contributed by atoms with Crippen LogP contribution in [0.15, 0.2) is 29.3 Å². The maximum absolute atomic E-state index is 13.8. The van der Waals surface area contributed by atoms with Crippen molar-refractivity contribution in [2.45, 2.75) is 24.6 Å². The molecule has 1 N–H and O–H groups in total. The maximum atomic E-state index is 13.8. The highest BCUT2D eigenvalue weighted by atomic mass is 32.2. The Hall–Kier alpha value is -1.31. The molecule has 0 bridgehead atoms. The molecule has 0 aromatic heterocycles. The fraction of sp³-hybridized carbons (Fsp3) is 0.650. The second kappa shape index (κ2) is 10.3. The molecule has 0 radical (unpaired) electrons. The Morgan fingerprint density at radius 3 is 2.89 bits per heavy atom. The summed E-state index contributed by atoms with van der Waals surface area (Å²) in [4.78, 5) is 9.24. The van der Waals surface area contributed by atoms with E-state index in [-0.39, 0.29) is 11.9 Å². The van der Waals surface area contributed by atoms with E-state index < -0.39 is 0 Å². The number of nitrogens with one attached hydrogen (secondary N) is 1. The molecule has 0 spiro atoms. The molecule has 1 aromatic rings. The highest BCUT2D eigenvalue weighted by molar-refractivity contribution is 8.00. The van der Waals surface area contributed by atoms with E-state index in [0.717, 1.165) is 56.7 Å². The predicted octanol–water partition coefficient (Wildman–Crippen LogP) is 2.60. The Kier molecular flexibility index (Phi) is 7.79. The van der Waals surface area contributed by atoms with Crippen LogP contribution in [0.25, 0.3) is 0 Å². The molecule has 5 nitrogen and oxygen atoms in total. The van der Waals surface area contributed by atoms with Crippen LogP contribution < -0.4 is 5.32 Å². The summed E-state index contributed by atoms with van der Waals surface area (Å²) < 4.78 is 19.3. The number of hydrogen-bond acceptors (Lipinski definition) is 4. The first kappa shape index (κ1) is 20.4. The number of rotatable bonds is 5. The molecule has 7 heteroatoms. The number of hydrogen-bond donors (Lipinski definition) is 1. The minimum atomic E-state index is -0.186. The van der Waals surface area contributed by atoms with Gasteiger partial charge < -0.3 is 15.0 Å². The zero-order valence-corrected chi connectivity index (χ0v) is 17.2. The smallest absolute Gasteiger partial charge is 0.193 e. The van der Waals surface area contributed by atoms with Gasteiger partial charge >= 0.3 is 0 Å². The fourth-order valence-corrected chi connectivity index (χ4v) is 4.92. The third kappa shape index (κ3) is 5.59. The first-order chi connectivity index (χ1) is 13.2. The minimum Gasteiger partial charge on any atom is -0.379 e. The highest BCUT2D eigenvalue weighted by Crippen LogP contribution is 2.23. The van der Waals surface area contributed by atoms with E-state index in [1.165, 1.54) is 12.5 Å². The van der Waals surface area contributed by atoms with Crippen LogP contribution in [0.1, 0.15) is 24.9 Å². The molecule has 2 unspecified atom stereocenters. The van der Waals surface area contributed by atoms with Crippen LogP contribution in [0.3, 0.4) is 0 Å². The second-order valence-corrected chi connectivity index (χ2v) is 8.40. The van der Waals surface area contributed by atoms with E-state index in [1.807, 2.05) is 13.1 Å². The lowest BCUT2D eigenvalue weighted by Gasteiger charge is -2.37. The van der Waals surface area contributed by atoms with Gasteiger partial charge in [0.05, 0.1) is 19.3 Å². The summed E-state index contributed by atoms with van der Waals surface area (Å²) in [6, 6.07) is 7.05. The average Bonchev–Trinajstić information content (AvgIpc) is 2.72. The zero-order valence-electron chi connectivity index (χ0n) is 16.4. The number of thioether (sulfide) groups is 1. The number of nitrogens with zero attached hydrogens (tertiary/aromatic N) is 3. The first-order valence-corrected chi connectivity index (χ1v) is 10.9. The van der Waals surface area contributed by atoms with Gasteiger partial charge in [-0.25, -0.2) is 4.39 Å². The molecule has 2 heterocycles. The van der Waals surface area contributed by atoms with E-state index >= 15 is 0 Å². The Morgan fingerprint density at radius 2 is 2.19 bits per heavy atom. The maximum Gasteiger partial charge on any atom is 0.193 e. The Bertz CT molecular complexity index is 624. The summed E-state index contributed by atoms with van der Waals surface area (Å²) >= 11 is 2.05. The normalized spacial score (nSPS) is 23.3. The summed E-state index contributed by atoms with van der Waals surface area (Å²) in [6.45, 7) is 8.17. The molecule has 2 saturated heterocycles.